The molecule has 0 aliphatic heterocycles. The van der Waals surface area contributed by atoms with Crippen LogP contribution in [0.1, 0.15) is 35.9 Å². The quantitative estimate of drug-likeness (QED) is 0.875. The molecule has 1 heterocycles. The summed E-state index contributed by atoms with van der Waals surface area (Å²) in [6.45, 7) is 5.71. The first-order valence-corrected chi connectivity index (χ1v) is 8.74. The van der Waals surface area contributed by atoms with Crippen LogP contribution in [0, 0.1) is 18.3 Å². The molecule has 2 aromatic rings. The number of aryl methyl sites for hydroxylation is 1. The highest BCUT2D eigenvalue weighted by molar-refractivity contribution is 7.10. The van der Waals surface area contributed by atoms with Gasteiger partial charge in [0.25, 0.3) is 0 Å². The fraction of sp³-hybridized carbons (Fsp3) is 0.368. The Labute approximate surface area is 147 Å². The van der Waals surface area contributed by atoms with E-state index in [0.29, 0.717) is 0 Å². The Morgan fingerprint density at radius 1 is 1.33 bits per heavy atom. The van der Waals surface area contributed by atoms with Crippen LogP contribution in [-0.2, 0) is 4.79 Å². The molecule has 1 amide bonds. The zero-order valence-corrected chi connectivity index (χ0v) is 15.4. The molecule has 1 aromatic heterocycles. The van der Waals surface area contributed by atoms with Crippen molar-refractivity contribution in [3.63, 3.8) is 0 Å². The summed E-state index contributed by atoms with van der Waals surface area (Å²) in [5.41, 5.74) is 1.51. The Balaban J connectivity index is 2.14. The number of hydrogen-bond donors (Lipinski definition) is 1. The number of benzene rings is 1. The van der Waals surface area contributed by atoms with E-state index >= 15 is 0 Å². The third-order valence-corrected chi connectivity index (χ3v) is 5.12. The fourth-order valence-electron chi connectivity index (χ4n) is 2.29. The molecule has 2 rings (SSSR count). The van der Waals surface area contributed by atoms with Gasteiger partial charge in [-0.05, 0) is 37.8 Å². The van der Waals surface area contributed by atoms with Crippen LogP contribution in [0.2, 0.25) is 0 Å². The van der Waals surface area contributed by atoms with E-state index in [4.69, 9.17) is 0 Å². The molecule has 0 aliphatic carbocycles. The number of amides is 1. The van der Waals surface area contributed by atoms with Crippen molar-refractivity contribution < 1.29 is 4.79 Å². The Hall–Kier alpha value is -2.16. The summed E-state index contributed by atoms with van der Waals surface area (Å²) in [6, 6.07) is 14.5. The predicted molar refractivity (Wildman–Crippen MR) is 97.8 cm³/mol. The number of hydrogen-bond acceptors (Lipinski definition) is 4. The molecule has 126 valence electrons. The van der Waals surface area contributed by atoms with Gasteiger partial charge in [0.1, 0.15) is 5.54 Å². The van der Waals surface area contributed by atoms with Crippen molar-refractivity contribution in [1.82, 2.24) is 10.2 Å². The second-order valence-electron chi connectivity index (χ2n) is 6.36. The van der Waals surface area contributed by atoms with Crippen molar-refractivity contribution in [3.8, 4) is 6.07 Å². The van der Waals surface area contributed by atoms with E-state index in [2.05, 4.69) is 48.6 Å². The molecule has 0 radical (unpaired) electrons. The van der Waals surface area contributed by atoms with Crippen LogP contribution in [0.25, 0.3) is 0 Å². The summed E-state index contributed by atoms with van der Waals surface area (Å²) in [5.74, 6) is -0.102. The third kappa shape index (κ3) is 4.22. The zero-order chi connectivity index (χ0) is 17.7. The molecular weight excluding hydrogens is 318 g/mol. The van der Waals surface area contributed by atoms with E-state index < -0.39 is 5.54 Å². The molecule has 1 aromatic carbocycles. The van der Waals surface area contributed by atoms with Gasteiger partial charge in [0.15, 0.2) is 0 Å². The number of carbonyl (C=O) groups excluding carboxylic acids is 1. The lowest BCUT2D eigenvalue weighted by atomic mass is 10.0. The minimum Gasteiger partial charge on any atom is -0.326 e. The molecule has 24 heavy (non-hydrogen) atoms. The van der Waals surface area contributed by atoms with Gasteiger partial charge < -0.3 is 4.90 Å². The van der Waals surface area contributed by atoms with Crippen LogP contribution < -0.4 is 5.32 Å². The molecule has 0 spiro atoms. The average molecular weight is 341 g/mol. The minimum absolute atomic E-state index is 0.0341. The predicted octanol–water partition coefficient (Wildman–Crippen LogP) is 3.50. The van der Waals surface area contributed by atoms with E-state index in [-0.39, 0.29) is 18.5 Å². The zero-order valence-electron chi connectivity index (χ0n) is 14.5. The molecule has 1 N–H and O–H groups in total. The first-order chi connectivity index (χ1) is 11.3. The molecular formula is C19H23N3OS. The number of nitriles is 1. The number of thiophene rings is 1. The van der Waals surface area contributed by atoms with Gasteiger partial charge in [-0.1, -0.05) is 35.9 Å². The molecule has 5 heteroatoms. The topological polar surface area (TPSA) is 56.1 Å². The maximum Gasteiger partial charge on any atom is 0.237 e. The Morgan fingerprint density at radius 2 is 2.00 bits per heavy atom. The van der Waals surface area contributed by atoms with Gasteiger partial charge in [-0.25, -0.2) is 0 Å². The second kappa shape index (κ2) is 7.61. The normalized spacial score (nSPS) is 12.5. The molecule has 0 aliphatic rings. The lowest BCUT2D eigenvalue weighted by molar-refractivity contribution is -0.132. The first-order valence-electron chi connectivity index (χ1n) is 7.86. The van der Waals surface area contributed by atoms with E-state index in [9.17, 15) is 10.1 Å². The van der Waals surface area contributed by atoms with Gasteiger partial charge in [-0.15, -0.1) is 11.3 Å². The lowest BCUT2D eigenvalue weighted by Gasteiger charge is -2.30. The first kappa shape index (κ1) is 18.2. The van der Waals surface area contributed by atoms with E-state index in [1.165, 1.54) is 10.5 Å². The Kier molecular flexibility index (Phi) is 5.76. The van der Waals surface area contributed by atoms with Crippen LogP contribution in [-0.4, -0.2) is 29.9 Å². The molecule has 1 atom stereocenters. The SMILES string of the molecule is Cc1ccc([C@@H](NCC(=O)N(C)C(C)(C)C#N)c2cccs2)cc1. The monoisotopic (exact) mass is 341 g/mol. The third-order valence-electron chi connectivity index (χ3n) is 4.18. The largest absolute Gasteiger partial charge is 0.326 e. The maximum atomic E-state index is 12.4. The van der Waals surface area contributed by atoms with Crippen LogP contribution in [0.4, 0.5) is 0 Å². The molecule has 0 saturated heterocycles. The highest BCUT2D eigenvalue weighted by atomic mass is 32.1. The summed E-state index contributed by atoms with van der Waals surface area (Å²) in [5, 5.41) is 14.6. The van der Waals surface area contributed by atoms with Gasteiger partial charge in [0, 0.05) is 11.9 Å². The van der Waals surface area contributed by atoms with Gasteiger partial charge in [-0.2, -0.15) is 5.26 Å². The highest BCUT2D eigenvalue weighted by Crippen LogP contribution is 2.26. The van der Waals surface area contributed by atoms with Crippen molar-refractivity contribution in [3.05, 3.63) is 57.8 Å². The average Bonchev–Trinajstić information content (AvgIpc) is 3.10. The van der Waals surface area contributed by atoms with Gasteiger partial charge in [0.2, 0.25) is 5.91 Å². The van der Waals surface area contributed by atoms with E-state index in [1.807, 2.05) is 11.4 Å². The molecule has 4 nitrogen and oxygen atoms in total. The summed E-state index contributed by atoms with van der Waals surface area (Å²) in [4.78, 5) is 15.1. The highest BCUT2D eigenvalue weighted by Gasteiger charge is 2.27. The molecule has 0 bridgehead atoms. The lowest BCUT2D eigenvalue weighted by Crippen LogP contribution is -2.47. The standard InChI is InChI=1S/C19H23N3OS/c1-14-7-9-15(10-8-14)18(16-6-5-11-24-16)21-12-17(23)22(4)19(2,3)13-20/h5-11,18,21H,12H2,1-4H3/t18-/m1/s1. The van der Waals surface area contributed by atoms with Crippen molar-refractivity contribution in [2.24, 2.45) is 0 Å². The van der Waals surface area contributed by atoms with Crippen molar-refractivity contribution in [2.75, 3.05) is 13.6 Å². The fourth-order valence-corrected chi connectivity index (χ4v) is 3.12. The number of likely N-dealkylation sites (N-methyl/N-ethyl adjacent to an activating group) is 1. The van der Waals surface area contributed by atoms with Crippen LogP contribution in [0.15, 0.2) is 41.8 Å². The van der Waals surface area contributed by atoms with Crippen molar-refractivity contribution in [1.29, 1.82) is 5.26 Å². The van der Waals surface area contributed by atoms with Crippen LogP contribution in [0.3, 0.4) is 0 Å². The minimum atomic E-state index is -0.818. The molecule has 0 fully saturated rings. The molecule has 0 saturated carbocycles. The summed E-state index contributed by atoms with van der Waals surface area (Å²) in [7, 11) is 1.67. The number of rotatable bonds is 6. The smallest absolute Gasteiger partial charge is 0.237 e. The van der Waals surface area contributed by atoms with E-state index in [0.717, 1.165) is 10.4 Å². The number of carbonyl (C=O) groups is 1. The summed E-state index contributed by atoms with van der Waals surface area (Å²) in [6.07, 6.45) is 0. The maximum absolute atomic E-state index is 12.4. The number of nitrogens with one attached hydrogen (secondary N) is 1. The molecule has 0 unspecified atom stereocenters. The Morgan fingerprint density at radius 3 is 2.54 bits per heavy atom. The van der Waals surface area contributed by atoms with Crippen molar-refractivity contribution in [2.45, 2.75) is 32.4 Å². The Bertz CT molecular complexity index is 714. The van der Waals surface area contributed by atoms with Gasteiger partial charge in [0.05, 0.1) is 18.7 Å². The van der Waals surface area contributed by atoms with Gasteiger partial charge >= 0.3 is 0 Å². The van der Waals surface area contributed by atoms with E-state index in [1.54, 1.807) is 32.2 Å². The summed E-state index contributed by atoms with van der Waals surface area (Å²) >= 11 is 1.66. The van der Waals surface area contributed by atoms with Crippen LogP contribution in [0.5, 0.6) is 0 Å². The van der Waals surface area contributed by atoms with Gasteiger partial charge in [-0.3, -0.25) is 10.1 Å². The number of nitrogens with zero attached hydrogens (tertiary/aromatic N) is 2. The van der Waals surface area contributed by atoms with Crippen LogP contribution >= 0.6 is 11.3 Å². The second-order valence-corrected chi connectivity index (χ2v) is 7.34. The summed E-state index contributed by atoms with van der Waals surface area (Å²) < 4.78 is 0. The van der Waals surface area contributed by atoms with Crippen molar-refractivity contribution >= 4 is 17.2 Å².